The summed E-state index contributed by atoms with van der Waals surface area (Å²) in [6, 6.07) is 8.34. The number of aromatic nitrogens is 2. The number of aliphatic hydroxyl groups excluding tert-OH is 2. The summed E-state index contributed by atoms with van der Waals surface area (Å²) in [5.41, 5.74) is 4.49. The molecule has 2 aliphatic rings. The molecule has 6 rings (SSSR count). The van der Waals surface area contributed by atoms with Crippen molar-refractivity contribution in [2.45, 2.75) is 51.6 Å². The minimum absolute atomic E-state index is 0.0691. The smallest absolute Gasteiger partial charge is 0.390 e. The third-order valence-electron chi connectivity index (χ3n) is 8.99. The molecule has 10 nitrogen and oxygen atoms in total. The predicted molar refractivity (Wildman–Crippen MR) is 146 cm³/mol. The normalized spacial score (nSPS) is 20.3. The SMILES string of the molecule is COc1cc2c3c(c4cc(OC)c(CO)cc4c2cc1CO)C[N+]1(Cc2c([N+](=O)[O-])ncn2C)CCC[C@@H]1C3. The Morgan fingerprint density at radius 3 is 2.21 bits per heavy atom. The summed E-state index contributed by atoms with van der Waals surface area (Å²) in [6.45, 7) is 1.89. The summed E-state index contributed by atoms with van der Waals surface area (Å²) in [7, 11) is 5.04. The van der Waals surface area contributed by atoms with E-state index < -0.39 is 0 Å². The molecule has 0 aliphatic carbocycles. The lowest BCUT2D eigenvalue weighted by molar-refractivity contribution is -0.966. The molecule has 2 atom stereocenters. The first-order valence-electron chi connectivity index (χ1n) is 13.2. The van der Waals surface area contributed by atoms with E-state index in [0.29, 0.717) is 40.9 Å². The monoisotopic (exact) mass is 533 g/mol. The van der Waals surface area contributed by atoms with Crippen molar-refractivity contribution in [3.05, 3.63) is 68.7 Å². The van der Waals surface area contributed by atoms with E-state index in [0.717, 1.165) is 58.4 Å². The van der Waals surface area contributed by atoms with Gasteiger partial charge in [-0.1, -0.05) is 0 Å². The molecule has 0 saturated carbocycles. The lowest BCUT2D eigenvalue weighted by Gasteiger charge is -2.44. The van der Waals surface area contributed by atoms with Crippen LogP contribution in [-0.2, 0) is 39.8 Å². The van der Waals surface area contributed by atoms with Crippen LogP contribution in [0.5, 0.6) is 11.5 Å². The van der Waals surface area contributed by atoms with Crippen LogP contribution in [0.15, 0.2) is 30.6 Å². The molecule has 1 fully saturated rings. The van der Waals surface area contributed by atoms with Gasteiger partial charge < -0.3 is 38.9 Å². The second kappa shape index (κ2) is 9.48. The van der Waals surface area contributed by atoms with Crippen molar-refractivity contribution in [1.82, 2.24) is 9.55 Å². The van der Waals surface area contributed by atoms with Crippen molar-refractivity contribution < 1.29 is 29.1 Å². The van der Waals surface area contributed by atoms with Gasteiger partial charge in [-0.25, -0.2) is 0 Å². The Bertz CT molecular complexity index is 1630. The van der Waals surface area contributed by atoms with Crippen molar-refractivity contribution in [3.63, 3.8) is 0 Å². The van der Waals surface area contributed by atoms with Crippen molar-refractivity contribution in [3.8, 4) is 11.5 Å². The van der Waals surface area contributed by atoms with Crippen LogP contribution in [0.3, 0.4) is 0 Å². The van der Waals surface area contributed by atoms with E-state index in [1.165, 1.54) is 17.5 Å². The molecular formula is C29H33N4O6+. The van der Waals surface area contributed by atoms with Crippen LogP contribution in [0.4, 0.5) is 5.82 Å². The summed E-state index contributed by atoms with van der Waals surface area (Å²) < 4.78 is 13.9. The summed E-state index contributed by atoms with van der Waals surface area (Å²) in [5.74, 6) is 1.20. The Balaban J connectivity index is 1.62. The van der Waals surface area contributed by atoms with Crippen molar-refractivity contribution in [1.29, 1.82) is 0 Å². The molecule has 1 unspecified atom stereocenters. The Kier molecular flexibility index (Phi) is 6.21. The van der Waals surface area contributed by atoms with Gasteiger partial charge in [0.25, 0.3) is 0 Å². The molecule has 1 aromatic heterocycles. The van der Waals surface area contributed by atoms with Gasteiger partial charge >= 0.3 is 5.82 Å². The highest BCUT2D eigenvalue weighted by molar-refractivity contribution is 6.12. The topological polar surface area (TPSA) is 120 Å². The Morgan fingerprint density at radius 1 is 1.03 bits per heavy atom. The average Bonchev–Trinajstić information content (AvgIpc) is 3.53. The minimum atomic E-state index is -0.383. The summed E-state index contributed by atoms with van der Waals surface area (Å²) in [5, 5.41) is 36.1. The number of quaternary nitrogens is 1. The van der Waals surface area contributed by atoms with Crippen LogP contribution >= 0.6 is 0 Å². The number of aliphatic hydroxyl groups is 2. The van der Waals surface area contributed by atoms with E-state index in [2.05, 4.69) is 4.98 Å². The van der Waals surface area contributed by atoms with Crippen LogP contribution < -0.4 is 9.47 Å². The van der Waals surface area contributed by atoms with E-state index in [9.17, 15) is 20.3 Å². The fourth-order valence-electron chi connectivity index (χ4n) is 7.05. The van der Waals surface area contributed by atoms with E-state index in [1.54, 1.807) is 18.8 Å². The average molecular weight is 534 g/mol. The minimum Gasteiger partial charge on any atom is -0.496 e. The zero-order valence-electron chi connectivity index (χ0n) is 22.4. The van der Waals surface area contributed by atoms with Gasteiger partial charge in [0.15, 0.2) is 5.69 Å². The number of rotatable bonds is 7. The zero-order chi connectivity index (χ0) is 27.5. The number of fused-ring (bicyclic) bond motifs is 7. The quantitative estimate of drug-likeness (QED) is 0.160. The Morgan fingerprint density at radius 2 is 1.64 bits per heavy atom. The maximum Gasteiger partial charge on any atom is 0.390 e. The maximum absolute atomic E-state index is 11.8. The number of nitrogens with zero attached hydrogens (tertiary/aromatic N) is 4. The van der Waals surface area contributed by atoms with Gasteiger partial charge in [-0.15, -0.1) is 0 Å². The van der Waals surface area contributed by atoms with Gasteiger partial charge in [-0.05, 0) is 61.3 Å². The fourth-order valence-corrected chi connectivity index (χ4v) is 7.05. The van der Waals surface area contributed by atoms with Crippen LogP contribution in [0, 0.1) is 10.1 Å². The van der Waals surface area contributed by atoms with E-state index >= 15 is 0 Å². The molecule has 10 heteroatoms. The van der Waals surface area contributed by atoms with Gasteiger partial charge in [-0.3, -0.25) is 0 Å². The van der Waals surface area contributed by atoms with Crippen molar-refractivity contribution in [2.75, 3.05) is 20.8 Å². The maximum atomic E-state index is 11.8. The van der Waals surface area contributed by atoms with E-state index in [1.807, 2.05) is 31.3 Å². The molecule has 0 bridgehead atoms. The second-order valence-electron chi connectivity index (χ2n) is 10.8. The molecule has 39 heavy (non-hydrogen) atoms. The third-order valence-corrected chi connectivity index (χ3v) is 8.99. The highest BCUT2D eigenvalue weighted by Crippen LogP contribution is 2.47. The van der Waals surface area contributed by atoms with Gasteiger partial charge in [0.1, 0.15) is 24.6 Å². The molecule has 0 amide bonds. The molecule has 3 aromatic carbocycles. The number of methoxy groups -OCH3 is 2. The number of nitro groups is 1. The zero-order valence-corrected chi connectivity index (χ0v) is 22.4. The summed E-state index contributed by atoms with van der Waals surface area (Å²) >= 11 is 0. The number of imidazole rings is 1. The number of hydrogen-bond donors (Lipinski definition) is 2. The van der Waals surface area contributed by atoms with E-state index in [4.69, 9.17) is 9.47 Å². The fraction of sp³-hybridized carbons (Fsp3) is 0.414. The molecule has 4 aromatic rings. The van der Waals surface area contributed by atoms with Crippen molar-refractivity contribution >= 4 is 27.4 Å². The Hall–Kier alpha value is -3.73. The first kappa shape index (κ1) is 25.5. The third kappa shape index (κ3) is 3.85. The molecule has 1 saturated heterocycles. The number of benzene rings is 3. The van der Waals surface area contributed by atoms with Crippen molar-refractivity contribution in [2.24, 2.45) is 7.05 Å². The van der Waals surface area contributed by atoms with Gasteiger partial charge in [-0.2, -0.15) is 0 Å². The lowest BCUT2D eigenvalue weighted by Crippen LogP contribution is -2.54. The standard InChI is InChI=1S/C29H33N4O6/c1-31-16-30-29(32(36)37)26(31)13-33-6-4-5-19(33)9-22-23-10-27(38-2)17(14-34)7-20(23)21-8-18(15-35)28(39-3)11-24(21)25(22)12-33/h7-8,10-11,16,19,34-35H,4-6,9,12-15H2,1-3H3/q+1/t19-,33?/m1/s1. The molecule has 204 valence electrons. The van der Waals surface area contributed by atoms with Gasteiger partial charge in [0.05, 0.1) is 40.0 Å². The predicted octanol–water partition coefficient (Wildman–Crippen LogP) is 3.87. The van der Waals surface area contributed by atoms with Gasteiger partial charge in [0, 0.05) is 43.0 Å². The van der Waals surface area contributed by atoms with E-state index in [-0.39, 0.29) is 24.0 Å². The van der Waals surface area contributed by atoms with Crippen LogP contribution in [0.25, 0.3) is 21.5 Å². The highest BCUT2D eigenvalue weighted by Gasteiger charge is 2.48. The highest BCUT2D eigenvalue weighted by atomic mass is 16.6. The van der Waals surface area contributed by atoms with Crippen LogP contribution in [0.1, 0.15) is 40.8 Å². The largest absolute Gasteiger partial charge is 0.496 e. The molecule has 2 aliphatic heterocycles. The number of hydrogen-bond acceptors (Lipinski definition) is 7. The number of aryl methyl sites for hydroxylation is 1. The second-order valence-corrected chi connectivity index (χ2v) is 10.8. The summed E-state index contributed by atoms with van der Waals surface area (Å²) in [4.78, 5) is 15.5. The lowest BCUT2D eigenvalue weighted by atomic mass is 9.83. The molecule has 3 heterocycles. The Labute approximate surface area is 225 Å². The summed E-state index contributed by atoms with van der Waals surface area (Å²) in [6.07, 6.45) is 4.46. The number of ether oxygens (including phenoxy) is 2. The first-order valence-corrected chi connectivity index (χ1v) is 13.2. The molecule has 2 N–H and O–H groups in total. The molecular weight excluding hydrogens is 500 g/mol. The van der Waals surface area contributed by atoms with Crippen LogP contribution in [-0.4, -0.2) is 56.0 Å². The van der Waals surface area contributed by atoms with Gasteiger partial charge in [0.2, 0.25) is 6.33 Å². The van der Waals surface area contributed by atoms with Crippen LogP contribution in [0.2, 0.25) is 0 Å². The molecule has 0 radical (unpaired) electrons. The first-order chi connectivity index (χ1) is 18.8. The molecule has 0 spiro atoms.